The Morgan fingerprint density at radius 1 is 1.18 bits per heavy atom. The van der Waals surface area contributed by atoms with E-state index in [0.717, 1.165) is 33.2 Å². The van der Waals surface area contributed by atoms with E-state index >= 15 is 0 Å². The summed E-state index contributed by atoms with van der Waals surface area (Å²) < 4.78 is 2.60. The normalized spacial score (nSPS) is 11.5. The summed E-state index contributed by atoms with van der Waals surface area (Å²) in [7, 11) is 6.81. The van der Waals surface area contributed by atoms with Crippen LogP contribution in [0.1, 0.15) is 12.5 Å². The molecule has 28 heavy (non-hydrogen) atoms. The highest BCUT2D eigenvalue weighted by Gasteiger charge is 2.18. The lowest BCUT2D eigenvalue weighted by molar-refractivity contribution is 0.137. The van der Waals surface area contributed by atoms with Crippen molar-refractivity contribution in [3.63, 3.8) is 0 Å². The second-order valence-corrected chi connectivity index (χ2v) is 9.11. The van der Waals surface area contributed by atoms with E-state index in [4.69, 9.17) is 16.4 Å². The summed E-state index contributed by atoms with van der Waals surface area (Å²) in [6.07, 6.45) is 2.62. The predicted molar refractivity (Wildman–Crippen MR) is 121 cm³/mol. The zero-order chi connectivity index (χ0) is 21.3. The summed E-state index contributed by atoms with van der Waals surface area (Å²) in [5, 5.41) is 4.93. The Morgan fingerprint density at radius 3 is 2.43 bits per heavy atom. The SMILES string of the molecule is CSC(C)=NOC(=O)N(C)SSN(C)C(=O)N(C)C=Nc1ccc(Cl)cc1C. The van der Waals surface area contributed by atoms with Crippen LogP contribution in [-0.2, 0) is 4.84 Å². The molecule has 0 radical (unpaired) electrons. The summed E-state index contributed by atoms with van der Waals surface area (Å²) in [4.78, 5) is 34.6. The van der Waals surface area contributed by atoms with Gasteiger partial charge >= 0.3 is 12.1 Å². The number of carbonyl (C=O) groups is 2. The zero-order valence-corrected chi connectivity index (χ0v) is 19.6. The smallest absolute Gasteiger partial charge is 0.296 e. The first-order valence-electron chi connectivity index (χ1n) is 7.84. The number of aryl methyl sites for hydroxylation is 1. The number of oxime groups is 1. The van der Waals surface area contributed by atoms with E-state index < -0.39 is 6.09 Å². The van der Waals surface area contributed by atoms with Crippen LogP contribution in [0.25, 0.3) is 0 Å². The second kappa shape index (κ2) is 12.1. The highest BCUT2D eigenvalue weighted by atomic mass is 35.5. The molecule has 0 aromatic heterocycles. The predicted octanol–water partition coefficient (Wildman–Crippen LogP) is 5.27. The second-order valence-electron chi connectivity index (χ2n) is 5.38. The Morgan fingerprint density at radius 2 is 1.82 bits per heavy atom. The van der Waals surface area contributed by atoms with Gasteiger partial charge in [0.05, 0.1) is 12.0 Å². The highest BCUT2D eigenvalue weighted by Crippen LogP contribution is 2.28. The maximum absolute atomic E-state index is 12.4. The molecule has 1 rings (SSSR count). The molecule has 0 saturated carbocycles. The van der Waals surface area contributed by atoms with Gasteiger partial charge in [-0.15, -0.1) is 11.8 Å². The van der Waals surface area contributed by atoms with Crippen LogP contribution < -0.4 is 0 Å². The number of hydrogen-bond acceptors (Lipinski definition) is 8. The Balaban J connectivity index is 2.54. The Hall–Kier alpha value is -1.56. The summed E-state index contributed by atoms with van der Waals surface area (Å²) in [6, 6.07) is 5.00. The first kappa shape index (κ1) is 24.5. The minimum Gasteiger partial charge on any atom is -0.296 e. The minimum atomic E-state index is -0.639. The lowest BCUT2D eigenvalue weighted by Crippen LogP contribution is -2.34. The molecule has 8 nitrogen and oxygen atoms in total. The van der Waals surface area contributed by atoms with Gasteiger partial charge in [0.25, 0.3) is 0 Å². The first-order valence-corrected chi connectivity index (χ1v) is 11.5. The van der Waals surface area contributed by atoms with Gasteiger partial charge in [-0.05, 0) is 43.9 Å². The summed E-state index contributed by atoms with van der Waals surface area (Å²) in [5.41, 5.74) is 1.62. The van der Waals surface area contributed by atoms with E-state index in [1.165, 1.54) is 38.7 Å². The van der Waals surface area contributed by atoms with Gasteiger partial charge in [0, 0.05) is 48.1 Å². The molecular weight excluding hydrogens is 442 g/mol. The average Bonchev–Trinajstić information content (AvgIpc) is 2.67. The van der Waals surface area contributed by atoms with Crippen molar-refractivity contribution in [3.05, 3.63) is 28.8 Å². The van der Waals surface area contributed by atoms with E-state index in [1.807, 2.05) is 13.2 Å². The van der Waals surface area contributed by atoms with Crippen molar-refractivity contribution >= 4 is 74.5 Å². The van der Waals surface area contributed by atoms with Crippen LogP contribution in [0.5, 0.6) is 0 Å². The van der Waals surface area contributed by atoms with Gasteiger partial charge in [0.15, 0.2) is 0 Å². The van der Waals surface area contributed by atoms with E-state index in [-0.39, 0.29) is 6.03 Å². The molecular formula is C16H22ClN5O3S3. The number of rotatable bonds is 6. The molecule has 0 fully saturated rings. The van der Waals surface area contributed by atoms with Crippen LogP contribution in [0.2, 0.25) is 5.02 Å². The Kier molecular flexibility index (Phi) is 10.6. The third-order valence-electron chi connectivity index (χ3n) is 3.16. The number of carbonyl (C=O) groups excluding carboxylic acids is 2. The van der Waals surface area contributed by atoms with Gasteiger partial charge in [-0.1, -0.05) is 16.8 Å². The lowest BCUT2D eigenvalue weighted by Gasteiger charge is -2.21. The third kappa shape index (κ3) is 8.21. The van der Waals surface area contributed by atoms with E-state index in [0.29, 0.717) is 10.1 Å². The minimum absolute atomic E-state index is 0.314. The summed E-state index contributed by atoms with van der Waals surface area (Å²) >= 11 is 7.30. The van der Waals surface area contributed by atoms with Gasteiger partial charge < -0.3 is 0 Å². The topological polar surface area (TPSA) is 77.8 Å². The number of amides is 3. The molecule has 0 unspecified atom stereocenters. The molecule has 0 bridgehead atoms. The molecule has 154 valence electrons. The fourth-order valence-corrected chi connectivity index (χ4v) is 3.34. The number of benzene rings is 1. The number of aliphatic imine (C=N–C) groups is 1. The summed E-state index contributed by atoms with van der Waals surface area (Å²) in [5.74, 6) is 0. The Labute approximate surface area is 182 Å². The van der Waals surface area contributed by atoms with Crippen molar-refractivity contribution in [2.75, 3.05) is 27.4 Å². The summed E-state index contributed by atoms with van der Waals surface area (Å²) in [6.45, 7) is 3.62. The van der Waals surface area contributed by atoms with Crippen molar-refractivity contribution < 1.29 is 14.4 Å². The number of hydrogen-bond donors (Lipinski definition) is 0. The number of nitrogens with zero attached hydrogens (tertiary/aromatic N) is 5. The van der Waals surface area contributed by atoms with Crippen molar-refractivity contribution in [1.29, 1.82) is 0 Å². The molecule has 0 heterocycles. The van der Waals surface area contributed by atoms with Crippen LogP contribution in [-0.4, -0.2) is 64.4 Å². The lowest BCUT2D eigenvalue weighted by atomic mass is 10.2. The van der Waals surface area contributed by atoms with Crippen molar-refractivity contribution in [3.8, 4) is 0 Å². The van der Waals surface area contributed by atoms with Crippen LogP contribution >= 0.6 is 45.3 Å². The van der Waals surface area contributed by atoms with Crippen LogP contribution in [0.4, 0.5) is 15.3 Å². The molecule has 0 aliphatic carbocycles. The molecule has 0 aliphatic heterocycles. The maximum atomic E-state index is 12.4. The first-order chi connectivity index (χ1) is 13.1. The van der Waals surface area contributed by atoms with E-state index in [2.05, 4.69) is 10.1 Å². The van der Waals surface area contributed by atoms with Crippen molar-refractivity contribution in [1.82, 2.24) is 13.5 Å². The number of thioether (sulfide) groups is 1. The van der Waals surface area contributed by atoms with Crippen molar-refractivity contribution in [2.45, 2.75) is 13.8 Å². The van der Waals surface area contributed by atoms with Gasteiger partial charge in [0.1, 0.15) is 5.04 Å². The van der Waals surface area contributed by atoms with Crippen molar-refractivity contribution in [2.24, 2.45) is 10.1 Å². The molecule has 1 aromatic carbocycles. The largest absolute Gasteiger partial charge is 0.446 e. The fraction of sp³-hybridized carbons (Fsp3) is 0.375. The standard InChI is InChI=1S/C16H22ClN5O3S3/c1-11-9-13(17)7-8-14(11)18-10-20(3)15(23)21(4)27-28-22(5)16(24)25-19-12(2)26-6/h7-10H,1-6H3. The number of urea groups is 1. The van der Waals surface area contributed by atoms with Gasteiger partial charge in [-0.3, -0.25) is 14.0 Å². The molecule has 1 aromatic rings. The Bertz CT molecular complexity index is 763. The van der Waals surface area contributed by atoms with Crippen LogP contribution in [0.3, 0.4) is 0 Å². The third-order valence-corrected chi connectivity index (χ3v) is 6.42. The monoisotopic (exact) mass is 463 g/mol. The van der Waals surface area contributed by atoms with Gasteiger partial charge in [-0.25, -0.2) is 18.9 Å². The van der Waals surface area contributed by atoms with E-state index in [9.17, 15) is 9.59 Å². The molecule has 0 aliphatic rings. The van der Waals surface area contributed by atoms with Crippen LogP contribution in [0, 0.1) is 6.92 Å². The molecule has 0 N–H and O–H groups in total. The number of halogens is 1. The van der Waals surface area contributed by atoms with Gasteiger partial charge in [0.2, 0.25) is 0 Å². The van der Waals surface area contributed by atoms with Gasteiger partial charge in [-0.2, -0.15) is 0 Å². The highest BCUT2D eigenvalue weighted by molar-refractivity contribution is 8.75. The maximum Gasteiger partial charge on any atom is 0.446 e. The fourth-order valence-electron chi connectivity index (χ4n) is 1.54. The molecule has 3 amide bonds. The molecule has 0 spiro atoms. The average molecular weight is 464 g/mol. The molecule has 0 atom stereocenters. The quantitative estimate of drug-likeness (QED) is 0.143. The zero-order valence-electron chi connectivity index (χ0n) is 16.4. The molecule has 0 saturated heterocycles. The van der Waals surface area contributed by atoms with Crippen LogP contribution in [0.15, 0.2) is 28.3 Å². The van der Waals surface area contributed by atoms with E-state index in [1.54, 1.807) is 39.2 Å². The molecule has 12 heteroatoms.